The Morgan fingerprint density at radius 2 is 2.17 bits per heavy atom. The summed E-state index contributed by atoms with van der Waals surface area (Å²) in [5, 5.41) is 3.23. The Kier molecular flexibility index (Phi) is 4.13. The highest BCUT2D eigenvalue weighted by Crippen LogP contribution is 2.45. The maximum atomic E-state index is 13.3. The summed E-state index contributed by atoms with van der Waals surface area (Å²) in [4.78, 5) is 0. The fourth-order valence-corrected chi connectivity index (χ4v) is 2.29. The molecule has 2 atom stereocenters. The number of ether oxygens (including phenoxy) is 1. The van der Waals surface area contributed by atoms with Gasteiger partial charge in [-0.05, 0) is 50.4 Å². The first-order chi connectivity index (χ1) is 8.28. The summed E-state index contributed by atoms with van der Waals surface area (Å²) in [6, 6.07) is 5.38. The zero-order chi connectivity index (χ0) is 11.8. The number of halogens is 2. The number of rotatable bonds is 5. The highest BCUT2D eigenvalue weighted by atomic mass is 35.5. The van der Waals surface area contributed by atoms with E-state index in [0.717, 1.165) is 30.3 Å². The van der Waals surface area contributed by atoms with Gasteiger partial charge in [0.25, 0.3) is 0 Å². The van der Waals surface area contributed by atoms with Gasteiger partial charge in [-0.25, -0.2) is 4.39 Å². The van der Waals surface area contributed by atoms with Crippen LogP contribution in [0.2, 0.25) is 0 Å². The van der Waals surface area contributed by atoms with Gasteiger partial charge in [0.15, 0.2) is 0 Å². The van der Waals surface area contributed by atoms with Crippen LogP contribution in [0.3, 0.4) is 0 Å². The highest BCUT2D eigenvalue weighted by molar-refractivity contribution is 5.85. The van der Waals surface area contributed by atoms with Crippen molar-refractivity contribution in [1.82, 2.24) is 5.32 Å². The zero-order valence-electron chi connectivity index (χ0n) is 10.5. The number of hydrogen-bond acceptors (Lipinski definition) is 2. The molecule has 2 unspecified atom stereocenters. The molecule has 4 heteroatoms. The van der Waals surface area contributed by atoms with Gasteiger partial charge in [0.2, 0.25) is 0 Å². The molecule has 2 saturated carbocycles. The van der Waals surface area contributed by atoms with Gasteiger partial charge in [-0.3, -0.25) is 0 Å². The van der Waals surface area contributed by atoms with Crippen molar-refractivity contribution in [2.45, 2.75) is 31.2 Å². The number of benzene rings is 1. The lowest BCUT2D eigenvalue weighted by Crippen LogP contribution is -2.11. The third-order valence-electron chi connectivity index (χ3n) is 3.70. The quantitative estimate of drug-likeness (QED) is 0.889. The summed E-state index contributed by atoms with van der Waals surface area (Å²) in [6.07, 6.45) is 3.64. The van der Waals surface area contributed by atoms with E-state index in [9.17, 15) is 4.39 Å². The van der Waals surface area contributed by atoms with E-state index in [1.807, 2.05) is 7.05 Å². The van der Waals surface area contributed by atoms with E-state index in [1.54, 1.807) is 12.1 Å². The maximum absolute atomic E-state index is 13.3. The van der Waals surface area contributed by atoms with E-state index >= 15 is 0 Å². The van der Waals surface area contributed by atoms with Gasteiger partial charge in [0, 0.05) is 17.5 Å². The lowest BCUT2D eigenvalue weighted by Gasteiger charge is -2.11. The predicted octanol–water partition coefficient (Wildman–Crippen LogP) is 3.11. The standard InChI is InChI=1S/C14H18FNO.ClH/c1-16-13-7-11(13)12-6-10(15)4-5-14(12)17-8-9-2-3-9;/h4-6,9,11,13,16H,2-3,7-8H2,1H3;1H. The summed E-state index contributed by atoms with van der Waals surface area (Å²) in [6.45, 7) is 0.787. The molecule has 1 aromatic carbocycles. The normalized spacial score (nSPS) is 25.4. The van der Waals surface area contributed by atoms with E-state index in [-0.39, 0.29) is 18.2 Å². The van der Waals surface area contributed by atoms with Crippen molar-refractivity contribution in [3.8, 4) is 5.75 Å². The van der Waals surface area contributed by atoms with Crippen molar-refractivity contribution in [3.63, 3.8) is 0 Å². The molecule has 2 fully saturated rings. The van der Waals surface area contributed by atoms with Crippen molar-refractivity contribution >= 4 is 12.4 Å². The first kappa shape index (κ1) is 13.6. The summed E-state index contributed by atoms with van der Waals surface area (Å²) < 4.78 is 19.1. The topological polar surface area (TPSA) is 21.3 Å². The van der Waals surface area contributed by atoms with Crippen LogP contribution in [0.1, 0.15) is 30.7 Å². The summed E-state index contributed by atoms with van der Waals surface area (Å²) >= 11 is 0. The van der Waals surface area contributed by atoms with Crippen molar-refractivity contribution in [2.75, 3.05) is 13.7 Å². The molecule has 1 aromatic rings. The van der Waals surface area contributed by atoms with Crippen LogP contribution >= 0.6 is 12.4 Å². The summed E-state index contributed by atoms with van der Waals surface area (Å²) in [5.41, 5.74) is 1.03. The first-order valence-corrected chi connectivity index (χ1v) is 6.37. The van der Waals surface area contributed by atoms with Gasteiger partial charge in [-0.15, -0.1) is 12.4 Å². The Hall–Kier alpha value is -0.800. The fourth-order valence-electron chi connectivity index (χ4n) is 2.29. The summed E-state index contributed by atoms with van der Waals surface area (Å²) in [7, 11) is 1.95. The van der Waals surface area contributed by atoms with Crippen molar-refractivity contribution < 1.29 is 9.13 Å². The minimum atomic E-state index is -0.166. The van der Waals surface area contributed by atoms with Crippen LogP contribution in [0.5, 0.6) is 5.75 Å². The second-order valence-corrected chi connectivity index (χ2v) is 5.17. The average molecular weight is 272 g/mol. The van der Waals surface area contributed by atoms with Gasteiger partial charge in [0.05, 0.1) is 6.61 Å². The van der Waals surface area contributed by atoms with Gasteiger partial charge in [0.1, 0.15) is 11.6 Å². The van der Waals surface area contributed by atoms with E-state index in [2.05, 4.69) is 5.32 Å². The molecule has 100 valence electrons. The van der Waals surface area contributed by atoms with Crippen LogP contribution in [0.15, 0.2) is 18.2 Å². The van der Waals surface area contributed by atoms with Crippen LogP contribution < -0.4 is 10.1 Å². The highest BCUT2D eigenvalue weighted by Gasteiger charge is 2.39. The third kappa shape index (κ3) is 2.96. The van der Waals surface area contributed by atoms with Gasteiger partial charge in [-0.2, -0.15) is 0 Å². The van der Waals surface area contributed by atoms with Gasteiger partial charge >= 0.3 is 0 Å². The summed E-state index contributed by atoms with van der Waals surface area (Å²) in [5.74, 6) is 1.86. The van der Waals surface area contributed by atoms with Crippen molar-refractivity contribution in [1.29, 1.82) is 0 Å². The Morgan fingerprint density at radius 1 is 1.39 bits per heavy atom. The molecule has 0 bridgehead atoms. The minimum Gasteiger partial charge on any atom is -0.493 e. The molecule has 3 rings (SSSR count). The molecule has 0 amide bonds. The molecule has 0 aromatic heterocycles. The molecular weight excluding hydrogens is 253 g/mol. The Bertz CT molecular complexity index is 422. The molecule has 0 heterocycles. The van der Waals surface area contributed by atoms with Crippen LogP contribution in [-0.4, -0.2) is 19.7 Å². The molecule has 0 aliphatic heterocycles. The lowest BCUT2D eigenvalue weighted by molar-refractivity contribution is 0.296. The predicted molar refractivity (Wildman–Crippen MR) is 72.1 cm³/mol. The Labute approximate surface area is 113 Å². The number of nitrogens with one attached hydrogen (secondary N) is 1. The van der Waals surface area contributed by atoms with Crippen LogP contribution in [0.4, 0.5) is 4.39 Å². The van der Waals surface area contributed by atoms with Crippen molar-refractivity contribution in [3.05, 3.63) is 29.6 Å². The van der Waals surface area contributed by atoms with E-state index in [4.69, 9.17) is 4.74 Å². The fraction of sp³-hybridized carbons (Fsp3) is 0.571. The smallest absolute Gasteiger partial charge is 0.123 e. The van der Waals surface area contributed by atoms with Crippen LogP contribution in [0, 0.1) is 11.7 Å². The molecular formula is C14H19ClFNO. The minimum absolute atomic E-state index is 0. The first-order valence-electron chi connectivity index (χ1n) is 6.37. The molecule has 2 aliphatic carbocycles. The average Bonchev–Trinajstić information content (AvgIpc) is 3.21. The molecule has 1 N–H and O–H groups in total. The molecule has 0 radical (unpaired) electrons. The van der Waals surface area contributed by atoms with Crippen LogP contribution in [-0.2, 0) is 0 Å². The van der Waals surface area contributed by atoms with Gasteiger partial charge < -0.3 is 10.1 Å². The second-order valence-electron chi connectivity index (χ2n) is 5.17. The monoisotopic (exact) mass is 271 g/mol. The Balaban J connectivity index is 0.00000120. The molecule has 2 aliphatic rings. The SMILES string of the molecule is CNC1CC1c1cc(F)ccc1OCC1CC1.Cl. The zero-order valence-corrected chi connectivity index (χ0v) is 11.3. The number of likely N-dealkylation sites (N-methyl/N-ethyl adjacent to an activating group) is 1. The van der Waals surface area contributed by atoms with Crippen LogP contribution in [0.25, 0.3) is 0 Å². The lowest BCUT2D eigenvalue weighted by atomic mass is 10.1. The number of hydrogen-bond donors (Lipinski definition) is 1. The maximum Gasteiger partial charge on any atom is 0.123 e. The van der Waals surface area contributed by atoms with E-state index in [1.165, 1.54) is 18.9 Å². The molecule has 0 saturated heterocycles. The molecule has 18 heavy (non-hydrogen) atoms. The largest absolute Gasteiger partial charge is 0.493 e. The second kappa shape index (κ2) is 5.45. The van der Waals surface area contributed by atoms with Crippen molar-refractivity contribution in [2.24, 2.45) is 5.92 Å². The molecule has 2 nitrogen and oxygen atoms in total. The van der Waals surface area contributed by atoms with E-state index < -0.39 is 0 Å². The molecule has 0 spiro atoms. The van der Waals surface area contributed by atoms with Gasteiger partial charge in [-0.1, -0.05) is 0 Å². The Morgan fingerprint density at radius 3 is 2.78 bits per heavy atom. The third-order valence-corrected chi connectivity index (χ3v) is 3.70. The van der Waals surface area contributed by atoms with E-state index in [0.29, 0.717) is 12.0 Å².